The fourth-order valence-corrected chi connectivity index (χ4v) is 1.13. The summed E-state index contributed by atoms with van der Waals surface area (Å²) in [6.45, 7) is 1.87. The van der Waals surface area contributed by atoms with Crippen molar-refractivity contribution in [2.75, 3.05) is 0 Å². The first-order valence-corrected chi connectivity index (χ1v) is 3.75. The van der Waals surface area contributed by atoms with Crippen LogP contribution in [0.15, 0.2) is 22.9 Å². The molecule has 2 aromatic rings. The number of nitrogens with two attached hydrogens (primary N) is 1. The predicted octanol–water partition coefficient (Wildman–Crippen LogP) is 1.24. The summed E-state index contributed by atoms with van der Waals surface area (Å²) in [6, 6.07) is 3.62. The highest BCUT2D eigenvalue weighted by atomic mass is 16.5. The molecule has 0 amide bonds. The van der Waals surface area contributed by atoms with Crippen molar-refractivity contribution in [3.05, 3.63) is 24.0 Å². The molecule has 0 saturated carbocycles. The SMILES string of the molecule is CC(N)c1noc2ncccc12. The van der Waals surface area contributed by atoms with Gasteiger partial charge in [-0.25, -0.2) is 4.98 Å². The van der Waals surface area contributed by atoms with Crippen LogP contribution in [0.5, 0.6) is 0 Å². The summed E-state index contributed by atoms with van der Waals surface area (Å²) in [5.41, 5.74) is 6.98. The lowest BCUT2D eigenvalue weighted by Crippen LogP contribution is -2.05. The number of pyridine rings is 1. The zero-order chi connectivity index (χ0) is 8.55. The molecule has 2 N–H and O–H groups in total. The number of rotatable bonds is 1. The lowest BCUT2D eigenvalue weighted by atomic mass is 10.2. The first-order valence-electron chi connectivity index (χ1n) is 3.75. The van der Waals surface area contributed by atoms with E-state index in [4.69, 9.17) is 10.3 Å². The lowest BCUT2D eigenvalue weighted by molar-refractivity contribution is 0.433. The van der Waals surface area contributed by atoms with Crippen molar-refractivity contribution in [1.82, 2.24) is 10.1 Å². The van der Waals surface area contributed by atoms with Crippen molar-refractivity contribution < 1.29 is 4.52 Å². The van der Waals surface area contributed by atoms with E-state index in [0.29, 0.717) is 5.71 Å². The molecule has 4 heteroatoms. The van der Waals surface area contributed by atoms with Crippen LogP contribution in [0, 0.1) is 0 Å². The smallest absolute Gasteiger partial charge is 0.257 e. The van der Waals surface area contributed by atoms with Crippen LogP contribution >= 0.6 is 0 Å². The van der Waals surface area contributed by atoms with E-state index in [1.807, 2.05) is 19.1 Å². The van der Waals surface area contributed by atoms with Crippen LogP contribution in [0.3, 0.4) is 0 Å². The molecule has 1 unspecified atom stereocenters. The minimum absolute atomic E-state index is 0.115. The molecule has 1 atom stereocenters. The van der Waals surface area contributed by atoms with Gasteiger partial charge in [0.15, 0.2) is 0 Å². The van der Waals surface area contributed by atoms with Gasteiger partial charge in [-0.2, -0.15) is 0 Å². The van der Waals surface area contributed by atoms with Crippen LogP contribution in [-0.2, 0) is 0 Å². The van der Waals surface area contributed by atoms with E-state index >= 15 is 0 Å². The molecule has 0 bridgehead atoms. The van der Waals surface area contributed by atoms with Crippen molar-refractivity contribution in [2.45, 2.75) is 13.0 Å². The molecule has 0 radical (unpaired) electrons. The van der Waals surface area contributed by atoms with Crippen LogP contribution in [0.25, 0.3) is 11.1 Å². The largest absolute Gasteiger partial charge is 0.335 e. The molecular formula is C8H9N3O. The summed E-state index contributed by atoms with van der Waals surface area (Å²) < 4.78 is 4.97. The number of fused-ring (bicyclic) bond motifs is 1. The number of nitrogens with zero attached hydrogens (tertiary/aromatic N) is 2. The van der Waals surface area contributed by atoms with Gasteiger partial charge in [-0.3, -0.25) is 0 Å². The summed E-state index contributed by atoms with van der Waals surface area (Å²) in [7, 11) is 0. The van der Waals surface area contributed by atoms with Crippen molar-refractivity contribution in [3.8, 4) is 0 Å². The summed E-state index contributed by atoms with van der Waals surface area (Å²) in [6.07, 6.45) is 1.67. The van der Waals surface area contributed by atoms with Gasteiger partial charge < -0.3 is 10.3 Å². The van der Waals surface area contributed by atoms with Gasteiger partial charge in [0.05, 0.1) is 5.39 Å². The van der Waals surface area contributed by atoms with Crippen molar-refractivity contribution in [3.63, 3.8) is 0 Å². The van der Waals surface area contributed by atoms with Gasteiger partial charge in [0, 0.05) is 12.2 Å². The van der Waals surface area contributed by atoms with Gasteiger partial charge >= 0.3 is 0 Å². The van der Waals surface area contributed by atoms with Crippen LogP contribution < -0.4 is 5.73 Å². The molecule has 0 saturated heterocycles. The van der Waals surface area contributed by atoms with Crippen molar-refractivity contribution in [2.24, 2.45) is 5.73 Å². The standard InChI is InChI=1S/C8H9N3O/c1-5(9)7-6-3-2-4-10-8(6)12-11-7/h2-5H,9H2,1H3. The van der Waals surface area contributed by atoms with Crippen LogP contribution in [-0.4, -0.2) is 10.1 Å². The molecule has 0 fully saturated rings. The van der Waals surface area contributed by atoms with Gasteiger partial charge in [-0.05, 0) is 19.1 Å². The predicted molar refractivity (Wildman–Crippen MR) is 44.4 cm³/mol. The molecule has 12 heavy (non-hydrogen) atoms. The molecule has 2 rings (SSSR count). The molecule has 0 spiro atoms. The number of hydrogen-bond donors (Lipinski definition) is 1. The Balaban J connectivity index is 2.70. The molecule has 2 heterocycles. The quantitative estimate of drug-likeness (QED) is 0.686. The van der Waals surface area contributed by atoms with Crippen LogP contribution in [0.1, 0.15) is 18.7 Å². The monoisotopic (exact) mass is 163 g/mol. The second kappa shape index (κ2) is 2.57. The summed E-state index contributed by atoms with van der Waals surface area (Å²) in [5, 5.41) is 4.73. The number of hydrogen-bond acceptors (Lipinski definition) is 4. The Bertz CT molecular complexity index is 394. The van der Waals surface area contributed by atoms with Crippen LogP contribution in [0.2, 0.25) is 0 Å². The van der Waals surface area contributed by atoms with Gasteiger partial charge in [0.2, 0.25) is 0 Å². The Kier molecular flexibility index (Phi) is 1.55. The van der Waals surface area contributed by atoms with E-state index in [-0.39, 0.29) is 6.04 Å². The first kappa shape index (κ1) is 7.24. The zero-order valence-electron chi connectivity index (χ0n) is 6.69. The molecule has 4 nitrogen and oxygen atoms in total. The lowest BCUT2D eigenvalue weighted by Gasteiger charge is -1.96. The second-order valence-electron chi connectivity index (χ2n) is 2.71. The molecule has 0 aliphatic heterocycles. The maximum Gasteiger partial charge on any atom is 0.257 e. The minimum atomic E-state index is -0.115. The summed E-state index contributed by atoms with van der Waals surface area (Å²) in [4.78, 5) is 4.00. The van der Waals surface area contributed by atoms with E-state index in [9.17, 15) is 0 Å². The zero-order valence-corrected chi connectivity index (χ0v) is 6.69. The summed E-state index contributed by atoms with van der Waals surface area (Å²) in [5.74, 6) is 0. The second-order valence-corrected chi connectivity index (χ2v) is 2.71. The van der Waals surface area contributed by atoms with Gasteiger partial charge in [0.1, 0.15) is 5.69 Å². The molecule has 0 aliphatic carbocycles. The van der Waals surface area contributed by atoms with Crippen molar-refractivity contribution >= 4 is 11.1 Å². The van der Waals surface area contributed by atoms with Crippen LogP contribution in [0.4, 0.5) is 0 Å². The Morgan fingerprint density at radius 2 is 2.42 bits per heavy atom. The molecular weight excluding hydrogens is 154 g/mol. The summed E-state index contributed by atoms with van der Waals surface area (Å²) >= 11 is 0. The topological polar surface area (TPSA) is 64.9 Å². The first-order chi connectivity index (χ1) is 5.79. The molecule has 2 aromatic heterocycles. The maximum atomic E-state index is 5.67. The minimum Gasteiger partial charge on any atom is -0.335 e. The highest BCUT2D eigenvalue weighted by Gasteiger charge is 2.10. The maximum absolute atomic E-state index is 5.67. The van der Waals surface area contributed by atoms with Gasteiger partial charge in [-0.1, -0.05) is 5.16 Å². The third kappa shape index (κ3) is 0.967. The molecule has 0 aromatic carbocycles. The Morgan fingerprint density at radius 1 is 1.58 bits per heavy atom. The third-order valence-electron chi connectivity index (χ3n) is 1.71. The molecule has 62 valence electrons. The van der Waals surface area contributed by atoms with E-state index < -0.39 is 0 Å². The average Bonchev–Trinajstić information content (AvgIpc) is 2.47. The highest BCUT2D eigenvalue weighted by molar-refractivity contribution is 5.75. The fraction of sp³-hybridized carbons (Fsp3) is 0.250. The Labute approximate surface area is 69.4 Å². The van der Waals surface area contributed by atoms with E-state index in [1.165, 1.54) is 0 Å². The fourth-order valence-electron chi connectivity index (χ4n) is 1.13. The third-order valence-corrected chi connectivity index (χ3v) is 1.71. The van der Waals surface area contributed by atoms with Crippen molar-refractivity contribution in [1.29, 1.82) is 0 Å². The Hall–Kier alpha value is -1.42. The van der Waals surface area contributed by atoms with Gasteiger partial charge in [0.25, 0.3) is 5.71 Å². The van der Waals surface area contributed by atoms with E-state index in [1.54, 1.807) is 6.20 Å². The Morgan fingerprint density at radius 3 is 3.17 bits per heavy atom. The van der Waals surface area contributed by atoms with E-state index in [0.717, 1.165) is 11.1 Å². The normalized spacial score (nSPS) is 13.5. The average molecular weight is 163 g/mol. The van der Waals surface area contributed by atoms with Gasteiger partial charge in [-0.15, -0.1) is 0 Å². The number of aromatic nitrogens is 2. The molecule has 0 aliphatic rings. The van der Waals surface area contributed by atoms with E-state index in [2.05, 4.69) is 10.1 Å². The highest BCUT2D eigenvalue weighted by Crippen LogP contribution is 2.19.